The van der Waals surface area contributed by atoms with Crippen LogP contribution in [-0.2, 0) is 13.1 Å². The van der Waals surface area contributed by atoms with Gasteiger partial charge in [0.1, 0.15) is 12.0 Å². The molecule has 3 heterocycles. The molecule has 1 fully saturated rings. The number of aliphatic hydroxyl groups excluding tert-OH is 1. The van der Waals surface area contributed by atoms with E-state index in [2.05, 4.69) is 10.00 Å². The highest BCUT2D eigenvalue weighted by Crippen LogP contribution is 2.26. The number of hydrogen-bond acceptors (Lipinski definition) is 6. The molecule has 0 unspecified atom stereocenters. The van der Waals surface area contributed by atoms with Gasteiger partial charge in [0.15, 0.2) is 0 Å². The van der Waals surface area contributed by atoms with E-state index in [9.17, 15) is 4.79 Å². The Hall–Kier alpha value is -2.12. The van der Waals surface area contributed by atoms with Crippen LogP contribution in [0.1, 0.15) is 30.2 Å². The van der Waals surface area contributed by atoms with Crippen molar-refractivity contribution in [2.75, 3.05) is 26.8 Å². The first kappa shape index (κ1) is 16.7. The van der Waals surface area contributed by atoms with E-state index in [1.807, 2.05) is 12.3 Å². The summed E-state index contributed by atoms with van der Waals surface area (Å²) in [6.07, 6.45) is 5.46. The van der Waals surface area contributed by atoms with Crippen LogP contribution in [0.5, 0.6) is 5.75 Å². The predicted octanol–water partition coefficient (Wildman–Crippen LogP) is 1.22. The van der Waals surface area contributed by atoms with Crippen LogP contribution in [0.25, 0.3) is 0 Å². The fraction of sp³-hybridized carbons (Fsp3) is 0.529. The number of piperidine rings is 1. The predicted molar refractivity (Wildman–Crippen MR) is 88.1 cm³/mol. The Balaban J connectivity index is 1.64. The molecule has 1 saturated heterocycles. The van der Waals surface area contributed by atoms with Gasteiger partial charge in [-0.15, -0.1) is 0 Å². The summed E-state index contributed by atoms with van der Waals surface area (Å²) in [5.74, 6) is 1.24. The van der Waals surface area contributed by atoms with E-state index in [0.717, 1.165) is 31.6 Å². The molecule has 1 aliphatic heterocycles. The first-order valence-electron chi connectivity index (χ1n) is 8.22. The van der Waals surface area contributed by atoms with E-state index in [0.29, 0.717) is 24.8 Å². The summed E-state index contributed by atoms with van der Waals surface area (Å²) in [5, 5.41) is 13.5. The van der Waals surface area contributed by atoms with Gasteiger partial charge in [-0.3, -0.25) is 14.4 Å². The lowest BCUT2D eigenvalue weighted by Crippen LogP contribution is -2.34. The van der Waals surface area contributed by atoms with Crippen molar-refractivity contribution in [3.63, 3.8) is 0 Å². The van der Waals surface area contributed by atoms with Crippen molar-refractivity contribution >= 4 is 0 Å². The molecule has 3 rings (SSSR count). The van der Waals surface area contributed by atoms with Crippen LogP contribution in [0.2, 0.25) is 0 Å². The van der Waals surface area contributed by atoms with Gasteiger partial charge in [0, 0.05) is 24.7 Å². The summed E-state index contributed by atoms with van der Waals surface area (Å²) in [6.45, 7) is 3.07. The first-order chi connectivity index (χ1) is 11.7. The Morgan fingerprint density at radius 3 is 3.12 bits per heavy atom. The number of ether oxygens (including phenoxy) is 1. The van der Waals surface area contributed by atoms with Crippen LogP contribution in [0, 0.1) is 0 Å². The van der Waals surface area contributed by atoms with E-state index < -0.39 is 0 Å². The minimum absolute atomic E-state index is 0.0917. The third-order valence-corrected chi connectivity index (χ3v) is 4.37. The lowest BCUT2D eigenvalue weighted by atomic mass is 9.95. The second-order valence-corrected chi connectivity index (χ2v) is 6.08. The highest BCUT2D eigenvalue weighted by Gasteiger charge is 2.23. The minimum atomic E-state index is -0.157. The Morgan fingerprint density at radius 2 is 2.38 bits per heavy atom. The topological polar surface area (TPSA) is 80.7 Å². The van der Waals surface area contributed by atoms with Crippen molar-refractivity contribution in [2.45, 2.75) is 31.8 Å². The van der Waals surface area contributed by atoms with Gasteiger partial charge in [0.2, 0.25) is 11.2 Å². The normalized spacial score (nSPS) is 18.7. The summed E-state index contributed by atoms with van der Waals surface area (Å²) in [6, 6.07) is 3.52. The largest absolute Gasteiger partial charge is 0.490 e. The maximum Gasteiger partial charge on any atom is 0.227 e. The van der Waals surface area contributed by atoms with Gasteiger partial charge in [0.25, 0.3) is 0 Å². The van der Waals surface area contributed by atoms with Crippen LogP contribution in [0.3, 0.4) is 0 Å². The Bertz CT molecular complexity index is 725. The SMILES string of the molecule is COc1coc(CN2CCC[C@@H](c3ccn(CCO)n3)C2)cc1=O. The zero-order valence-corrected chi connectivity index (χ0v) is 13.9. The van der Waals surface area contributed by atoms with E-state index in [1.54, 1.807) is 4.68 Å². The molecular weight excluding hydrogens is 310 g/mol. The third-order valence-electron chi connectivity index (χ3n) is 4.37. The monoisotopic (exact) mass is 333 g/mol. The van der Waals surface area contributed by atoms with Crippen LogP contribution in [0.4, 0.5) is 0 Å². The van der Waals surface area contributed by atoms with E-state index in [4.69, 9.17) is 14.3 Å². The molecule has 24 heavy (non-hydrogen) atoms. The Morgan fingerprint density at radius 1 is 1.50 bits per heavy atom. The summed E-state index contributed by atoms with van der Waals surface area (Å²) < 4.78 is 12.2. The van der Waals surface area contributed by atoms with Gasteiger partial charge >= 0.3 is 0 Å². The van der Waals surface area contributed by atoms with Crippen molar-refractivity contribution < 1.29 is 14.3 Å². The molecule has 0 aromatic carbocycles. The van der Waals surface area contributed by atoms with Crippen molar-refractivity contribution in [2.24, 2.45) is 0 Å². The molecule has 1 atom stereocenters. The molecule has 0 bridgehead atoms. The lowest BCUT2D eigenvalue weighted by molar-refractivity contribution is 0.182. The average molecular weight is 333 g/mol. The molecule has 0 spiro atoms. The van der Waals surface area contributed by atoms with Crippen molar-refractivity contribution in [3.8, 4) is 5.75 Å². The molecule has 7 nitrogen and oxygen atoms in total. The summed E-state index contributed by atoms with van der Waals surface area (Å²) in [7, 11) is 1.46. The van der Waals surface area contributed by atoms with Gasteiger partial charge in [0.05, 0.1) is 32.5 Å². The van der Waals surface area contributed by atoms with Gasteiger partial charge in [-0.25, -0.2) is 0 Å². The molecule has 0 radical (unpaired) electrons. The molecular formula is C17H23N3O4. The van der Waals surface area contributed by atoms with Gasteiger partial charge in [-0.05, 0) is 25.5 Å². The van der Waals surface area contributed by atoms with Crippen molar-refractivity contribution in [1.29, 1.82) is 0 Å². The Labute approximate surface area is 140 Å². The fourth-order valence-electron chi connectivity index (χ4n) is 3.15. The molecule has 0 aliphatic carbocycles. The molecule has 2 aromatic heterocycles. The van der Waals surface area contributed by atoms with Crippen molar-refractivity contribution in [1.82, 2.24) is 14.7 Å². The molecule has 1 aliphatic rings. The Kier molecular flexibility index (Phi) is 5.32. The van der Waals surface area contributed by atoms with Crippen LogP contribution < -0.4 is 10.2 Å². The number of likely N-dealkylation sites (tertiary alicyclic amines) is 1. The summed E-state index contributed by atoms with van der Waals surface area (Å²) in [4.78, 5) is 14.1. The second-order valence-electron chi connectivity index (χ2n) is 6.08. The highest BCUT2D eigenvalue weighted by atomic mass is 16.5. The number of methoxy groups -OCH3 is 1. The average Bonchev–Trinajstić information content (AvgIpc) is 3.04. The molecule has 130 valence electrons. The summed E-state index contributed by atoms with van der Waals surface area (Å²) >= 11 is 0. The maximum absolute atomic E-state index is 11.8. The molecule has 1 N–H and O–H groups in total. The third kappa shape index (κ3) is 3.85. The van der Waals surface area contributed by atoms with Gasteiger partial charge < -0.3 is 14.3 Å². The first-order valence-corrected chi connectivity index (χ1v) is 8.22. The maximum atomic E-state index is 11.8. The zero-order chi connectivity index (χ0) is 16.9. The minimum Gasteiger partial charge on any atom is -0.490 e. The number of aromatic nitrogens is 2. The second kappa shape index (κ2) is 7.63. The molecule has 0 saturated carbocycles. The smallest absolute Gasteiger partial charge is 0.227 e. The molecule has 2 aromatic rings. The van der Waals surface area contributed by atoms with Crippen LogP contribution in [-0.4, -0.2) is 46.6 Å². The van der Waals surface area contributed by atoms with Crippen LogP contribution >= 0.6 is 0 Å². The quantitative estimate of drug-likeness (QED) is 0.856. The summed E-state index contributed by atoms with van der Waals surface area (Å²) in [5.41, 5.74) is 0.902. The highest BCUT2D eigenvalue weighted by molar-refractivity contribution is 5.17. The number of rotatable bonds is 6. The zero-order valence-electron chi connectivity index (χ0n) is 13.9. The molecule has 7 heteroatoms. The fourth-order valence-corrected chi connectivity index (χ4v) is 3.15. The van der Waals surface area contributed by atoms with E-state index in [1.165, 1.54) is 19.4 Å². The van der Waals surface area contributed by atoms with Gasteiger partial charge in [-0.1, -0.05) is 0 Å². The number of nitrogens with zero attached hydrogens (tertiary/aromatic N) is 3. The van der Waals surface area contributed by atoms with E-state index >= 15 is 0 Å². The lowest BCUT2D eigenvalue weighted by Gasteiger charge is -2.31. The number of aliphatic hydroxyl groups is 1. The van der Waals surface area contributed by atoms with Gasteiger partial charge in [-0.2, -0.15) is 5.10 Å². The van der Waals surface area contributed by atoms with Crippen LogP contribution in [0.15, 0.2) is 33.8 Å². The number of hydrogen-bond donors (Lipinski definition) is 1. The standard InChI is InChI=1S/C17H23N3O4/c1-23-17-12-24-14(9-16(17)22)11-19-5-2-3-13(10-19)15-4-6-20(18-15)7-8-21/h4,6,9,12-13,21H,2-3,5,7-8,10-11H2,1H3/t13-/m1/s1. The van der Waals surface area contributed by atoms with Crippen molar-refractivity contribution in [3.05, 3.63) is 46.3 Å². The molecule has 0 amide bonds. The van der Waals surface area contributed by atoms with E-state index in [-0.39, 0.29) is 17.8 Å².